The van der Waals surface area contributed by atoms with Crippen LogP contribution in [0.3, 0.4) is 0 Å². The van der Waals surface area contributed by atoms with Crippen molar-refractivity contribution < 1.29 is 4.79 Å². The van der Waals surface area contributed by atoms with E-state index in [1.54, 1.807) is 11.3 Å². The molecule has 100 valence electrons. The van der Waals surface area contributed by atoms with Gasteiger partial charge in [0.25, 0.3) is 5.91 Å². The SMILES string of the molecule is Cc1cc(C(=O)N2CCCCC2CCBr)sc1Br. The van der Waals surface area contributed by atoms with Gasteiger partial charge >= 0.3 is 0 Å². The van der Waals surface area contributed by atoms with Gasteiger partial charge in [0.1, 0.15) is 0 Å². The van der Waals surface area contributed by atoms with Crippen molar-refractivity contribution >= 4 is 49.1 Å². The highest BCUT2D eigenvalue weighted by Gasteiger charge is 2.28. The van der Waals surface area contributed by atoms with E-state index in [0.717, 1.165) is 45.4 Å². The van der Waals surface area contributed by atoms with E-state index in [1.165, 1.54) is 6.42 Å². The van der Waals surface area contributed by atoms with Crippen LogP contribution in [0.4, 0.5) is 0 Å². The van der Waals surface area contributed by atoms with Crippen LogP contribution in [0.1, 0.15) is 40.9 Å². The maximum Gasteiger partial charge on any atom is 0.264 e. The van der Waals surface area contributed by atoms with Gasteiger partial charge in [0.05, 0.1) is 8.66 Å². The number of hydrogen-bond donors (Lipinski definition) is 0. The number of piperidine rings is 1. The van der Waals surface area contributed by atoms with Crippen molar-refractivity contribution in [3.05, 3.63) is 20.3 Å². The summed E-state index contributed by atoms with van der Waals surface area (Å²) in [5, 5.41) is 0.967. The van der Waals surface area contributed by atoms with Crippen molar-refractivity contribution in [2.45, 2.75) is 38.6 Å². The number of likely N-dealkylation sites (tertiary alicyclic amines) is 1. The summed E-state index contributed by atoms with van der Waals surface area (Å²) in [6, 6.07) is 2.41. The van der Waals surface area contributed by atoms with E-state index in [1.807, 2.05) is 13.0 Å². The molecule has 0 saturated carbocycles. The molecule has 0 aromatic carbocycles. The van der Waals surface area contributed by atoms with Crippen molar-refractivity contribution in [2.24, 2.45) is 0 Å². The quantitative estimate of drug-likeness (QED) is 0.686. The summed E-state index contributed by atoms with van der Waals surface area (Å²) in [7, 11) is 0. The number of nitrogens with zero attached hydrogens (tertiary/aromatic N) is 1. The third-order valence-corrected chi connectivity index (χ3v) is 5.98. The molecule has 18 heavy (non-hydrogen) atoms. The average Bonchev–Trinajstić information content (AvgIpc) is 2.70. The summed E-state index contributed by atoms with van der Waals surface area (Å²) in [4.78, 5) is 15.5. The number of alkyl halides is 1. The molecule has 1 fully saturated rings. The van der Waals surface area contributed by atoms with Gasteiger partial charge in [0.15, 0.2) is 0 Å². The largest absolute Gasteiger partial charge is 0.335 e. The van der Waals surface area contributed by atoms with Gasteiger partial charge in [-0.2, -0.15) is 0 Å². The Kier molecular flexibility index (Phi) is 5.27. The normalized spacial score (nSPS) is 20.2. The molecule has 0 radical (unpaired) electrons. The van der Waals surface area contributed by atoms with Crippen LogP contribution in [0.25, 0.3) is 0 Å². The molecule has 2 rings (SSSR count). The Bertz CT molecular complexity index is 411. The third-order valence-electron chi connectivity index (χ3n) is 3.40. The molecule has 1 aliphatic heterocycles. The number of thiophene rings is 1. The second kappa shape index (κ2) is 6.53. The molecule has 2 heterocycles. The fourth-order valence-corrected chi connectivity index (χ4v) is 4.42. The van der Waals surface area contributed by atoms with Crippen LogP contribution < -0.4 is 0 Å². The van der Waals surface area contributed by atoms with Gasteiger partial charge in [0.2, 0.25) is 0 Å². The predicted molar refractivity (Wildman–Crippen MR) is 83.8 cm³/mol. The highest BCUT2D eigenvalue weighted by atomic mass is 79.9. The number of carbonyl (C=O) groups excluding carboxylic acids is 1. The zero-order valence-electron chi connectivity index (χ0n) is 10.4. The Labute approximate surface area is 129 Å². The Morgan fingerprint density at radius 2 is 2.33 bits per heavy atom. The first-order valence-corrected chi connectivity index (χ1v) is 8.99. The molecule has 1 saturated heterocycles. The number of rotatable bonds is 3. The molecule has 1 atom stereocenters. The molecule has 1 aromatic rings. The van der Waals surface area contributed by atoms with Crippen LogP contribution in [0.15, 0.2) is 9.85 Å². The monoisotopic (exact) mass is 393 g/mol. The van der Waals surface area contributed by atoms with Crippen molar-refractivity contribution in [3.8, 4) is 0 Å². The lowest BCUT2D eigenvalue weighted by Gasteiger charge is -2.35. The lowest BCUT2D eigenvalue weighted by atomic mass is 10.00. The first-order chi connectivity index (χ1) is 8.63. The van der Waals surface area contributed by atoms with E-state index >= 15 is 0 Å². The molecule has 1 unspecified atom stereocenters. The van der Waals surface area contributed by atoms with E-state index in [0.29, 0.717) is 6.04 Å². The van der Waals surface area contributed by atoms with Crippen LogP contribution in [-0.2, 0) is 0 Å². The van der Waals surface area contributed by atoms with Gasteiger partial charge in [-0.1, -0.05) is 15.9 Å². The summed E-state index contributed by atoms with van der Waals surface area (Å²) < 4.78 is 1.07. The fourth-order valence-electron chi connectivity index (χ4n) is 2.40. The lowest BCUT2D eigenvalue weighted by molar-refractivity contribution is 0.0615. The van der Waals surface area contributed by atoms with Crippen molar-refractivity contribution in [1.82, 2.24) is 4.90 Å². The Balaban J connectivity index is 2.15. The second-order valence-electron chi connectivity index (χ2n) is 4.69. The first kappa shape index (κ1) is 14.5. The molecule has 0 spiro atoms. The minimum atomic E-state index is 0.208. The summed E-state index contributed by atoms with van der Waals surface area (Å²) in [5.41, 5.74) is 1.15. The van der Waals surface area contributed by atoms with Crippen LogP contribution in [0.2, 0.25) is 0 Å². The average molecular weight is 395 g/mol. The molecule has 0 aliphatic carbocycles. The first-order valence-electron chi connectivity index (χ1n) is 6.26. The molecule has 2 nitrogen and oxygen atoms in total. The topological polar surface area (TPSA) is 20.3 Å². The minimum absolute atomic E-state index is 0.208. The number of carbonyl (C=O) groups is 1. The van der Waals surface area contributed by atoms with Gasteiger partial charge in [-0.05, 0) is 60.2 Å². The van der Waals surface area contributed by atoms with Crippen LogP contribution >= 0.6 is 43.2 Å². The standard InChI is InChI=1S/C13H17Br2NOS/c1-9-8-11(18-12(9)15)13(17)16-7-3-2-4-10(16)5-6-14/h8,10H,2-7H2,1H3. The molecule has 0 N–H and O–H groups in total. The number of amides is 1. The highest BCUT2D eigenvalue weighted by molar-refractivity contribution is 9.11. The van der Waals surface area contributed by atoms with Crippen LogP contribution in [-0.4, -0.2) is 28.7 Å². The van der Waals surface area contributed by atoms with E-state index < -0.39 is 0 Å². The third kappa shape index (κ3) is 3.17. The number of halogens is 2. The molecule has 1 aliphatic rings. The van der Waals surface area contributed by atoms with Gasteiger partial charge in [0, 0.05) is 17.9 Å². The summed E-state index contributed by atoms with van der Waals surface area (Å²) in [6.07, 6.45) is 4.57. The van der Waals surface area contributed by atoms with Gasteiger partial charge in [-0.3, -0.25) is 4.79 Å². The molecular formula is C13H17Br2NOS. The minimum Gasteiger partial charge on any atom is -0.335 e. The van der Waals surface area contributed by atoms with Crippen molar-refractivity contribution in [2.75, 3.05) is 11.9 Å². The van der Waals surface area contributed by atoms with E-state index in [-0.39, 0.29) is 5.91 Å². The van der Waals surface area contributed by atoms with Gasteiger partial charge in [-0.15, -0.1) is 11.3 Å². The second-order valence-corrected chi connectivity index (χ2v) is 7.86. The van der Waals surface area contributed by atoms with E-state index in [2.05, 4.69) is 36.8 Å². The summed E-state index contributed by atoms with van der Waals surface area (Å²) >= 11 is 8.54. The maximum absolute atomic E-state index is 12.6. The van der Waals surface area contributed by atoms with Crippen molar-refractivity contribution in [3.63, 3.8) is 0 Å². The zero-order chi connectivity index (χ0) is 13.1. The Hall–Kier alpha value is 0.130. The smallest absolute Gasteiger partial charge is 0.264 e. The van der Waals surface area contributed by atoms with Crippen LogP contribution in [0, 0.1) is 6.92 Å². The number of hydrogen-bond acceptors (Lipinski definition) is 2. The molecule has 1 amide bonds. The lowest BCUT2D eigenvalue weighted by Crippen LogP contribution is -2.43. The van der Waals surface area contributed by atoms with Crippen molar-refractivity contribution in [1.29, 1.82) is 0 Å². The maximum atomic E-state index is 12.6. The van der Waals surface area contributed by atoms with Gasteiger partial charge in [-0.25, -0.2) is 0 Å². The van der Waals surface area contributed by atoms with E-state index in [9.17, 15) is 4.79 Å². The molecule has 0 bridgehead atoms. The highest BCUT2D eigenvalue weighted by Crippen LogP contribution is 2.30. The number of aryl methyl sites for hydroxylation is 1. The predicted octanol–water partition coefficient (Wildman–Crippen LogP) is 4.60. The van der Waals surface area contributed by atoms with Gasteiger partial charge < -0.3 is 4.90 Å². The van der Waals surface area contributed by atoms with Crippen LogP contribution in [0.5, 0.6) is 0 Å². The zero-order valence-corrected chi connectivity index (χ0v) is 14.4. The molecule has 1 aromatic heterocycles. The summed E-state index contributed by atoms with van der Waals surface area (Å²) in [6.45, 7) is 2.94. The Morgan fingerprint density at radius 3 is 2.94 bits per heavy atom. The molecule has 5 heteroatoms. The Morgan fingerprint density at radius 1 is 1.56 bits per heavy atom. The van der Waals surface area contributed by atoms with E-state index in [4.69, 9.17) is 0 Å². The fraction of sp³-hybridized carbons (Fsp3) is 0.615. The summed E-state index contributed by atoms with van der Waals surface area (Å²) in [5.74, 6) is 0.208. The molecular weight excluding hydrogens is 378 g/mol.